The summed E-state index contributed by atoms with van der Waals surface area (Å²) in [5.41, 5.74) is 1.13. The van der Waals surface area contributed by atoms with Gasteiger partial charge in [0.25, 0.3) is 0 Å². The quantitative estimate of drug-likeness (QED) is 0.803. The number of hydrogen-bond acceptors (Lipinski definition) is 3. The molecule has 0 unspecified atom stereocenters. The van der Waals surface area contributed by atoms with Gasteiger partial charge in [0.05, 0.1) is 6.61 Å². The van der Waals surface area contributed by atoms with Crippen molar-refractivity contribution in [2.24, 2.45) is 0 Å². The molecule has 1 aromatic rings. The van der Waals surface area contributed by atoms with E-state index in [2.05, 4.69) is 18.7 Å². The van der Waals surface area contributed by atoms with E-state index in [1.54, 1.807) is 13.2 Å². The van der Waals surface area contributed by atoms with Gasteiger partial charge in [-0.05, 0) is 31.5 Å². The lowest BCUT2D eigenvalue weighted by Gasteiger charge is -2.26. The Bertz CT molecular complexity index is 313. The zero-order chi connectivity index (χ0) is 12.0. The fourth-order valence-corrected chi connectivity index (χ4v) is 1.62. The molecular weight excluding hydrogens is 202 g/mol. The van der Waals surface area contributed by atoms with Crippen LogP contribution < -0.4 is 0 Å². The van der Waals surface area contributed by atoms with Crippen LogP contribution in [0.2, 0.25) is 0 Å². The molecule has 0 aliphatic carbocycles. The van der Waals surface area contributed by atoms with E-state index in [0.29, 0.717) is 11.8 Å². The summed E-state index contributed by atoms with van der Waals surface area (Å²) in [6, 6.07) is 7.87. The minimum absolute atomic E-state index is 0.327. The summed E-state index contributed by atoms with van der Waals surface area (Å²) in [5, 5.41) is 9.40. The zero-order valence-corrected chi connectivity index (χ0v) is 10.3. The van der Waals surface area contributed by atoms with Gasteiger partial charge >= 0.3 is 0 Å². The van der Waals surface area contributed by atoms with E-state index in [1.807, 2.05) is 18.2 Å². The second kappa shape index (κ2) is 6.51. The maximum atomic E-state index is 9.40. The van der Waals surface area contributed by atoms with E-state index >= 15 is 0 Å². The standard InChI is InChI=1S/C13H21NO2/c1-11(2)14(7-8-16-3)10-12-5-4-6-13(15)9-12/h4-6,9,11,15H,7-8,10H2,1-3H3. The third-order valence-corrected chi connectivity index (χ3v) is 2.61. The first-order valence-electron chi connectivity index (χ1n) is 5.64. The molecule has 0 fully saturated rings. The van der Waals surface area contributed by atoms with Crippen molar-refractivity contribution in [2.45, 2.75) is 26.4 Å². The Morgan fingerprint density at radius 2 is 2.12 bits per heavy atom. The minimum atomic E-state index is 0.327. The molecule has 0 saturated heterocycles. The number of nitrogens with zero attached hydrogens (tertiary/aromatic N) is 1. The summed E-state index contributed by atoms with van der Waals surface area (Å²) < 4.78 is 5.09. The fraction of sp³-hybridized carbons (Fsp3) is 0.538. The maximum Gasteiger partial charge on any atom is 0.115 e. The Balaban J connectivity index is 2.60. The van der Waals surface area contributed by atoms with Crippen LogP contribution in [0.3, 0.4) is 0 Å². The van der Waals surface area contributed by atoms with E-state index in [9.17, 15) is 5.11 Å². The Kier molecular flexibility index (Phi) is 5.29. The number of benzene rings is 1. The van der Waals surface area contributed by atoms with Crippen LogP contribution in [0, 0.1) is 0 Å². The Morgan fingerprint density at radius 1 is 1.38 bits per heavy atom. The molecule has 0 radical (unpaired) electrons. The number of hydrogen-bond donors (Lipinski definition) is 1. The molecule has 0 aliphatic heterocycles. The van der Waals surface area contributed by atoms with Crippen molar-refractivity contribution < 1.29 is 9.84 Å². The largest absolute Gasteiger partial charge is 0.508 e. The first kappa shape index (κ1) is 13.0. The lowest BCUT2D eigenvalue weighted by molar-refractivity contribution is 0.125. The Labute approximate surface area is 97.7 Å². The second-order valence-electron chi connectivity index (χ2n) is 4.23. The summed E-state index contributed by atoms with van der Waals surface area (Å²) in [5.74, 6) is 0.327. The average Bonchev–Trinajstić information content (AvgIpc) is 2.24. The van der Waals surface area contributed by atoms with Gasteiger partial charge in [-0.15, -0.1) is 0 Å². The second-order valence-corrected chi connectivity index (χ2v) is 4.23. The Morgan fingerprint density at radius 3 is 2.69 bits per heavy atom. The van der Waals surface area contributed by atoms with Crippen molar-refractivity contribution in [3.05, 3.63) is 29.8 Å². The third kappa shape index (κ3) is 4.21. The lowest BCUT2D eigenvalue weighted by atomic mass is 10.2. The molecule has 1 rings (SSSR count). The van der Waals surface area contributed by atoms with Gasteiger partial charge in [-0.2, -0.15) is 0 Å². The highest BCUT2D eigenvalue weighted by atomic mass is 16.5. The highest BCUT2D eigenvalue weighted by Gasteiger charge is 2.09. The van der Waals surface area contributed by atoms with Gasteiger partial charge in [0.2, 0.25) is 0 Å². The van der Waals surface area contributed by atoms with Crippen molar-refractivity contribution in [3.63, 3.8) is 0 Å². The van der Waals surface area contributed by atoms with E-state index in [-0.39, 0.29) is 0 Å². The minimum Gasteiger partial charge on any atom is -0.508 e. The average molecular weight is 223 g/mol. The van der Waals surface area contributed by atoms with Crippen molar-refractivity contribution in [1.29, 1.82) is 0 Å². The van der Waals surface area contributed by atoms with Crippen LogP contribution in [-0.2, 0) is 11.3 Å². The highest BCUT2D eigenvalue weighted by Crippen LogP contribution is 2.14. The summed E-state index contributed by atoms with van der Waals surface area (Å²) in [6.45, 7) is 6.81. The molecule has 0 spiro atoms. The van der Waals surface area contributed by atoms with E-state index in [4.69, 9.17) is 4.74 Å². The van der Waals surface area contributed by atoms with Gasteiger partial charge in [0.1, 0.15) is 5.75 Å². The van der Waals surface area contributed by atoms with Crippen molar-refractivity contribution >= 4 is 0 Å². The van der Waals surface area contributed by atoms with Gasteiger partial charge in [0.15, 0.2) is 0 Å². The van der Waals surface area contributed by atoms with Crippen LogP contribution in [0.25, 0.3) is 0 Å². The highest BCUT2D eigenvalue weighted by molar-refractivity contribution is 5.27. The molecule has 3 heteroatoms. The molecule has 0 bridgehead atoms. The molecule has 0 atom stereocenters. The fourth-order valence-electron chi connectivity index (χ4n) is 1.62. The zero-order valence-electron chi connectivity index (χ0n) is 10.3. The summed E-state index contributed by atoms with van der Waals surface area (Å²) in [4.78, 5) is 2.32. The van der Waals surface area contributed by atoms with Crippen LogP contribution in [0.15, 0.2) is 24.3 Å². The van der Waals surface area contributed by atoms with Crippen LogP contribution in [0.1, 0.15) is 19.4 Å². The van der Waals surface area contributed by atoms with E-state index < -0.39 is 0 Å². The van der Waals surface area contributed by atoms with Gasteiger partial charge < -0.3 is 9.84 Å². The topological polar surface area (TPSA) is 32.7 Å². The number of phenolic OH excluding ortho intramolecular Hbond substituents is 1. The van der Waals surface area contributed by atoms with Crippen LogP contribution >= 0.6 is 0 Å². The van der Waals surface area contributed by atoms with Crippen molar-refractivity contribution in [2.75, 3.05) is 20.3 Å². The summed E-state index contributed by atoms with van der Waals surface area (Å²) in [6.07, 6.45) is 0. The predicted molar refractivity (Wildman–Crippen MR) is 65.5 cm³/mol. The number of methoxy groups -OCH3 is 1. The molecule has 0 aromatic heterocycles. The smallest absolute Gasteiger partial charge is 0.115 e. The molecule has 1 N–H and O–H groups in total. The molecule has 16 heavy (non-hydrogen) atoms. The van der Waals surface area contributed by atoms with E-state index in [1.165, 1.54) is 0 Å². The normalized spacial score (nSPS) is 11.3. The molecule has 3 nitrogen and oxygen atoms in total. The SMILES string of the molecule is COCCN(Cc1cccc(O)c1)C(C)C. The van der Waals surface area contributed by atoms with E-state index in [0.717, 1.165) is 25.3 Å². The van der Waals surface area contributed by atoms with Crippen LogP contribution in [0.4, 0.5) is 0 Å². The third-order valence-electron chi connectivity index (χ3n) is 2.61. The number of aromatic hydroxyl groups is 1. The lowest BCUT2D eigenvalue weighted by Crippen LogP contribution is -2.33. The molecule has 90 valence electrons. The van der Waals surface area contributed by atoms with Gasteiger partial charge in [-0.25, -0.2) is 0 Å². The molecule has 0 aliphatic rings. The van der Waals surface area contributed by atoms with Gasteiger partial charge in [-0.1, -0.05) is 12.1 Å². The van der Waals surface area contributed by atoms with Gasteiger partial charge in [0, 0.05) is 26.2 Å². The number of ether oxygens (including phenoxy) is 1. The van der Waals surface area contributed by atoms with Crippen LogP contribution in [0.5, 0.6) is 5.75 Å². The molecule has 1 aromatic carbocycles. The first-order valence-corrected chi connectivity index (χ1v) is 5.64. The number of phenols is 1. The molecule has 0 amide bonds. The molecule has 0 saturated carbocycles. The van der Waals surface area contributed by atoms with Crippen molar-refractivity contribution in [3.8, 4) is 5.75 Å². The van der Waals surface area contributed by atoms with Gasteiger partial charge in [-0.3, -0.25) is 4.90 Å². The monoisotopic (exact) mass is 223 g/mol. The first-order chi connectivity index (χ1) is 7.63. The summed E-state index contributed by atoms with van der Waals surface area (Å²) >= 11 is 0. The molecular formula is C13H21NO2. The van der Waals surface area contributed by atoms with Crippen molar-refractivity contribution in [1.82, 2.24) is 4.90 Å². The number of rotatable bonds is 6. The maximum absolute atomic E-state index is 9.40. The predicted octanol–water partition coefficient (Wildman–Crippen LogP) is 2.25. The molecule has 0 heterocycles. The summed E-state index contributed by atoms with van der Waals surface area (Å²) in [7, 11) is 1.72. The Hall–Kier alpha value is -1.06. The van der Waals surface area contributed by atoms with Crippen LogP contribution in [-0.4, -0.2) is 36.3 Å².